The van der Waals surface area contributed by atoms with E-state index in [1.807, 2.05) is 23.1 Å². The Labute approximate surface area is 208 Å². The number of rotatable bonds is 8. The molecule has 2 bridgehead atoms. The number of amides is 1. The maximum atomic E-state index is 13.8. The van der Waals surface area contributed by atoms with Crippen LogP contribution in [0.4, 0.5) is 0 Å². The molecule has 0 spiro atoms. The Bertz CT molecular complexity index is 973. The van der Waals surface area contributed by atoms with Crippen molar-refractivity contribution in [1.29, 1.82) is 0 Å². The van der Waals surface area contributed by atoms with Gasteiger partial charge in [-0.25, -0.2) is 0 Å². The lowest BCUT2D eigenvalue weighted by atomic mass is 10.0. The lowest BCUT2D eigenvalue weighted by molar-refractivity contribution is 0.0787. The topological polar surface area (TPSA) is 82.7 Å². The number of fused-ring (bicyclic) bond motifs is 2. The standard InChI is InChI=1S/C26H32N2O4.ClH.H2O/c1-27-20-10-11-21(27)17-22(16-20)28(13-12-18-8-6-5-7-9-18)26(29)19-14-23(30-2)25(32-4)24(15-19)31-3;;/h5-9,14-16,20-21H,10-13,17H2,1-4H3;1H;1H2. The molecule has 2 aromatic carbocycles. The van der Waals surface area contributed by atoms with Crippen LogP contribution in [0.3, 0.4) is 0 Å². The summed E-state index contributed by atoms with van der Waals surface area (Å²) in [7, 11) is 6.88. The molecule has 0 aromatic heterocycles. The van der Waals surface area contributed by atoms with E-state index in [1.54, 1.807) is 33.5 Å². The first-order chi connectivity index (χ1) is 15.5. The van der Waals surface area contributed by atoms with Crippen LogP contribution in [0.25, 0.3) is 0 Å². The highest BCUT2D eigenvalue weighted by molar-refractivity contribution is 5.96. The van der Waals surface area contributed by atoms with Crippen molar-refractivity contribution in [2.45, 2.75) is 37.8 Å². The highest BCUT2D eigenvalue weighted by Gasteiger charge is 2.36. The summed E-state index contributed by atoms with van der Waals surface area (Å²) in [6.07, 6.45) is 6.28. The first kappa shape index (κ1) is 27.5. The third-order valence-corrected chi connectivity index (χ3v) is 6.69. The van der Waals surface area contributed by atoms with Gasteiger partial charge in [0, 0.05) is 36.3 Å². The molecule has 0 aliphatic carbocycles. The average molecular weight is 491 g/mol. The second kappa shape index (κ2) is 12.1. The van der Waals surface area contributed by atoms with Crippen molar-refractivity contribution >= 4 is 18.3 Å². The normalized spacial score (nSPS) is 18.8. The quantitative estimate of drug-likeness (QED) is 0.563. The zero-order valence-corrected chi connectivity index (χ0v) is 21.1. The van der Waals surface area contributed by atoms with Crippen LogP contribution >= 0.6 is 12.4 Å². The Morgan fingerprint density at radius 1 is 1.03 bits per heavy atom. The molecule has 2 N–H and O–H groups in total. The lowest BCUT2D eigenvalue weighted by Gasteiger charge is -2.35. The van der Waals surface area contributed by atoms with Crippen LogP contribution in [0, 0.1) is 0 Å². The van der Waals surface area contributed by atoms with Gasteiger partial charge in [-0.15, -0.1) is 12.4 Å². The summed E-state index contributed by atoms with van der Waals surface area (Å²) in [5.74, 6) is 1.40. The van der Waals surface area contributed by atoms with Gasteiger partial charge in [-0.3, -0.25) is 9.69 Å². The zero-order valence-electron chi connectivity index (χ0n) is 20.2. The number of ether oxygens (including phenoxy) is 3. The van der Waals surface area contributed by atoms with E-state index in [2.05, 4.69) is 30.2 Å². The molecule has 0 saturated carbocycles. The molecule has 8 heteroatoms. The second-order valence-electron chi connectivity index (χ2n) is 8.43. The Morgan fingerprint density at radius 2 is 1.68 bits per heavy atom. The van der Waals surface area contributed by atoms with E-state index in [0.717, 1.165) is 25.0 Å². The minimum atomic E-state index is -0.0459. The molecule has 2 aromatic rings. The van der Waals surface area contributed by atoms with Crippen LogP contribution < -0.4 is 14.2 Å². The predicted molar refractivity (Wildman–Crippen MR) is 135 cm³/mol. The van der Waals surface area contributed by atoms with Crippen LogP contribution in [-0.2, 0) is 6.42 Å². The fourth-order valence-corrected chi connectivity index (χ4v) is 4.84. The van der Waals surface area contributed by atoms with Gasteiger partial charge in [0.15, 0.2) is 11.5 Å². The molecule has 4 rings (SSSR count). The first-order valence-corrected chi connectivity index (χ1v) is 11.1. The smallest absolute Gasteiger partial charge is 0.258 e. The van der Waals surface area contributed by atoms with E-state index in [4.69, 9.17) is 14.2 Å². The molecule has 2 aliphatic heterocycles. The second-order valence-corrected chi connectivity index (χ2v) is 8.43. The van der Waals surface area contributed by atoms with Crippen LogP contribution in [0.2, 0.25) is 0 Å². The minimum absolute atomic E-state index is 0. The summed E-state index contributed by atoms with van der Waals surface area (Å²) in [4.78, 5) is 18.2. The van der Waals surface area contributed by atoms with Crippen molar-refractivity contribution < 1.29 is 24.5 Å². The van der Waals surface area contributed by atoms with Crippen molar-refractivity contribution in [2.75, 3.05) is 34.9 Å². The molecule has 7 nitrogen and oxygen atoms in total. The van der Waals surface area contributed by atoms with E-state index < -0.39 is 0 Å². The predicted octanol–water partition coefficient (Wildman–Crippen LogP) is 3.74. The van der Waals surface area contributed by atoms with Crippen molar-refractivity contribution in [3.8, 4) is 17.2 Å². The zero-order chi connectivity index (χ0) is 22.7. The van der Waals surface area contributed by atoms with Gasteiger partial charge in [-0.2, -0.15) is 0 Å². The Morgan fingerprint density at radius 3 is 2.24 bits per heavy atom. The van der Waals surface area contributed by atoms with Gasteiger partial charge in [-0.1, -0.05) is 30.3 Å². The highest BCUT2D eigenvalue weighted by Crippen LogP contribution is 2.40. The summed E-state index contributed by atoms with van der Waals surface area (Å²) in [5, 5.41) is 0. The summed E-state index contributed by atoms with van der Waals surface area (Å²) >= 11 is 0. The van der Waals surface area contributed by atoms with Gasteiger partial charge in [0.2, 0.25) is 5.75 Å². The molecule has 2 atom stereocenters. The highest BCUT2D eigenvalue weighted by atomic mass is 35.5. The number of methoxy groups -OCH3 is 3. The minimum Gasteiger partial charge on any atom is -0.493 e. The van der Waals surface area contributed by atoms with Crippen LogP contribution in [-0.4, -0.2) is 68.2 Å². The molecular formula is C26H35ClN2O5. The molecule has 2 aliphatic rings. The van der Waals surface area contributed by atoms with E-state index in [9.17, 15) is 4.79 Å². The van der Waals surface area contributed by atoms with Crippen LogP contribution in [0.1, 0.15) is 35.2 Å². The number of halogens is 1. The van der Waals surface area contributed by atoms with Gasteiger partial charge in [0.05, 0.1) is 21.3 Å². The number of hydrogen-bond acceptors (Lipinski definition) is 5. The fraction of sp³-hybridized carbons (Fsp3) is 0.423. The number of hydrogen-bond donors (Lipinski definition) is 0. The average Bonchev–Trinajstić information content (AvgIpc) is 3.03. The third-order valence-electron chi connectivity index (χ3n) is 6.69. The molecule has 1 amide bonds. The molecule has 0 radical (unpaired) electrons. The number of carbonyl (C=O) groups is 1. The van der Waals surface area contributed by atoms with Crippen LogP contribution in [0.15, 0.2) is 54.2 Å². The molecule has 1 fully saturated rings. The molecule has 34 heavy (non-hydrogen) atoms. The Hall–Kier alpha value is -2.74. The monoisotopic (exact) mass is 490 g/mol. The molecule has 2 heterocycles. The van der Waals surface area contributed by atoms with Crippen molar-refractivity contribution in [2.24, 2.45) is 0 Å². The lowest BCUT2D eigenvalue weighted by Crippen LogP contribution is -2.41. The maximum absolute atomic E-state index is 13.8. The Balaban J connectivity index is 0.00000204. The van der Waals surface area contributed by atoms with E-state index >= 15 is 0 Å². The molecule has 186 valence electrons. The fourth-order valence-electron chi connectivity index (χ4n) is 4.84. The van der Waals surface area contributed by atoms with Crippen molar-refractivity contribution in [3.05, 3.63) is 65.4 Å². The van der Waals surface area contributed by atoms with Gasteiger partial charge in [0.25, 0.3) is 5.91 Å². The first-order valence-electron chi connectivity index (χ1n) is 11.1. The number of likely N-dealkylation sites (N-methyl/N-ethyl adjacent to an activating group) is 1. The SMILES string of the molecule is COc1cc(C(=O)N(CCc2ccccc2)C2=CC3CCC(C2)N3C)cc(OC)c1OC.Cl.O. The Kier molecular flexibility index (Phi) is 9.79. The van der Waals surface area contributed by atoms with E-state index in [0.29, 0.717) is 41.4 Å². The molecule has 2 unspecified atom stereocenters. The van der Waals surface area contributed by atoms with Gasteiger partial charge >= 0.3 is 0 Å². The van der Waals surface area contributed by atoms with Gasteiger partial charge in [-0.05, 0) is 50.1 Å². The summed E-state index contributed by atoms with van der Waals surface area (Å²) < 4.78 is 16.4. The number of carbonyl (C=O) groups excluding carboxylic acids is 1. The van der Waals surface area contributed by atoms with Crippen molar-refractivity contribution in [3.63, 3.8) is 0 Å². The van der Waals surface area contributed by atoms with Crippen LogP contribution in [0.5, 0.6) is 17.2 Å². The van der Waals surface area contributed by atoms with Gasteiger partial charge in [0.1, 0.15) is 0 Å². The molecular weight excluding hydrogens is 456 g/mol. The van der Waals surface area contributed by atoms with Crippen molar-refractivity contribution in [1.82, 2.24) is 9.80 Å². The number of nitrogens with zero attached hydrogens (tertiary/aromatic N) is 2. The summed E-state index contributed by atoms with van der Waals surface area (Å²) in [6, 6.07) is 14.7. The largest absolute Gasteiger partial charge is 0.493 e. The summed E-state index contributed by atoms with van der Waals surface area (Å²) in [5.41, 5.74) is 2.86. The number of benzene rings is 2. The molecule has 1 saturated heterocycles. The maximum Gasteiger partial charge on any atom is 0.258 e. The summed E-state index contributed by atoms with van der Waals surface area (Å²) in [6.45, 7) is 0.620. The third kappa shape index (κ3) is 5.49. The van der Waals surface area contributed by atoms with E-state index in [1.165, 1.54) is 12.0 Å². The van der Waals surface area contributed by atoms with E-state index in [-0.39, 0.29) is 23.8 Å². The van der Waals surface area contributed by atoms with Gasteiger partial charge < -0.3 is 24.6 Å².